The van der Waals surface area contributed by atoms with E-state index in [4.69, 9.17) is 15.2 Å². The number of nitrogens with zero attached hydrogens (tertiary/aromatic N) is 6. The maximum absolute atomic E-state index is 14.9. The van der Waals surface area contributed by atoms with Gasteiger partial charge in [-0.2, -0.15) is 8.78 Å². The molecule has 4 aromatic heterocycles. The number of nitrogens with two attached hydrogens (primary N) is 1. The molecule has 244 valence electrons. The zero-order valence-electron chi connectivity index (χ0n) is 25.5. The Morgan fingerprint density at radius 1 is 0.787 bits per heavy atom. The molecular formula is C33H32F4N8O2. The van der Waals surface area contributed by atoms with Gasteiger partial charge in [-0.1, -0.05) is 6.07 Å². The number of aromatic nitrogens is 4. The third-order valence-electron chi connectivity index (χ3n) is 7.84. The second kappa shape index (κ2) is 14.1. The number of halogens is 4. The van der Waals surface area contributed by atoms with E-state index in [9.17, 15) is 17.6 Å². The van der Waals surface area contributed by atoms with Crippen LogP contribution in [0.1, 0.15) is 5.56 Å². The highest BCUT2D eigenvalue weighted by atomic mass is 19.1. The van der Waals surface area contributed by atoms with Gasteiger partial charge in [0.05, 0.1) is 89.5 Å². The van der Waals surface area contributed by atoms with Gasteiger partial charge in [-0.25, -0.2) is 23.7 Å². The van der Waals surface area contributed by atoms with Crippen molar-refractivity contribution in [2.24, 2.45) is 0 Å². The molecule has 7 rings (SSSR count). The van der Waals surface area contributed by atoms with Crippen LogP contribution in [0.2, 0.25) is 0 Å². The number of hydrogen-bond donors (Lipinski definition) is 2. The number of ether oxygens (including phenoxy) is 2. The van der Waals surface area contributed by atoms with Crippen LogP contribution >= 0.6 is 0 Å². The van der Waals surface area contributed by atoms with Crippen LogP contribution in [0.3, 0.4) is 0 Å². The lowest BCUT2D eigenvalue weighted by Gasteiger charge is -2.29. The molecule has 2 aliphatic rings. The van der Waals surface area contributed by atoms with E-state index in [0.29, 0.717) is 56.5 Å². The monoisotopic (exact) mass is 648 g/mol. The van der Waals surface area contributed by atoms with E-state index in [1.54, 1.807) is 43.5 Å². The van der Waals surface area contributed by atoms with Crippen LogP contribution in [0.15, 0.2) is 61.1 Å². The summed E-state index contributed by atoms with van der Waals surface area (Å²) in [5.74, 6) is -2.90. The predicted molar refractivity (Wildman–Crippen MR) is 172 cm³/mol. The molecule has 2 fully saturated rings. The Labute approximate surface area is 268 Å². The first kappa shape index (κ1) is 31.9. The minimum absolute atomic E-state index is 0.0600. The van der Waals surface area contributed by atoms with E-state index in [0.717, 1.165) is 36.6 Å². The number of nitrogens with one attached hydrogen (secondary N) is 1. The number of morpholine rings is 2. The Kier molecular flexibility index (Phi) is 9.59. The number of nitrogen functional groups attached to an aromatic ring is 1. The number of hydrogen-bond acceptors (Lipinski definition) is 10. The molecule has 0 amide bonds. The first-order valence-electron chi connectivity index (χ1n) is 15.0. The first-order valence-corrected chi connectivity index (χ1v) is 15.0. The van der Waals surface area contributed by atoms with Gasteiger partial charge in [-0.3, -0.25) is 4.98 Å². The fraction of sp³-hybridized carbons (Fsp3) is 0.273. The number of rotatable bonds is 5. The maximum Gasteiger partial charge on any atom is 0.236 e. The highest BCUT2D eigenvalue weighted by Gasteiger charge is 2.21. The Morgan fingerprint density at radius 2 is 1.43 bits per heavy atom. The van der Waals surface area contributed by atoms with E-state index in [1.807, 2.05) is 4.90 Å². The molecule has 0 saturated carbocycles. The van der Waals surface area contributed by atoms with Crippen LogP contribution in [0.5, 0.6) is 0 Å². The van der Waals surface area contributed by atoms with Gasteiger partial charge in [0.2, 0.25) is 11.9 Å². The molecule has 6 heterocycles. The first-order chi connectivity index (χ1) is 22.8. The molecule has 0 spiro atoms. The van der Waals surface area contributed by atoms with Crippen LogP contribution in [0, 0.1) is 30.5 Å². The molecular weight excluding hydrogens is 616 g/mol. The van der Waals surface area contributed by atoms with Crippen LogP contribution in [-0.2, 0) is 9.47 Å². The molecule has 0 radical (unpaired) electrons. The Bertz CT molecular complexity index is 1870. The number of fused-ring (bicyclic) bond motifs is 1. The van der Waals surface area contributed by atoms with Gasteiger partial charge < -0.3 is 30.3 Å². The SMILES string of the molecule is Cc1c(-c2ccccn2)nc2cc(F)cc(F)c2c1Nc1cc(N2CCOCC2)cnc1F.Nc1cc(N2CCOCC2)cnc1F. The van der Waals surface area contributed by atoms with E-state index >= 15 is 0 Å². The molecule has 1 aromatic carbocycles. The van der Waals surface area contributed by atoms with Crippen molar-refractivity contribution in [3.63, 3.8) is 0 Å². The molecule has 0 atom stereocenters. The van der Waals surface area contributed by atoms with E-state index < -0.39 is 23.5 Å². The third-order valence-corrected chi connectivity index (χ3v) is 7.84. The molecule has 10 nitrogen and oxygen atoms in total. The minimum Gasteiger partial charge on any atom is -0.395 e. The normalized spacial score (nSPS) is 14.9. The summed E-state index contributed by atoms with van der Waals surface area (Å²) in [5, 5.41) is 3.07. The second-order valence-corrected chi connectivity index (χ2v) is 10.9. The average Bonchev–Trinajstić information content (AvgIpc) is 3.09. The van der Waals surface area contributed by atoms with Crippen molar-refractivity contribution in [1.29, 1.82) is 0 Å². The average molecular weight is 649 g/mol. The van der Waals surface area contributed by atoms with Gasteiger partial charge >= 0.3 is 0 Å². The molecule has 2 aliphatic heterocycles. The molecule has 0 aliphatic carbocycles. The summed E-state index contributed by atoms with van der Waals surface area (Å²) in [6.07, 6.45) is 4.56. The molecule has 2 saturated heterocycles. The second-order valence-electron chi connectivity index (χ2n) is 10.9. The molecule has 3 N–H and O–H groups in total. The highest BCUT2D eigenvalue weighted by molar-refractivity contribution is 5.98. The van der Waals surface area contributed by atoms with E-state index in [2.05, 4.69) is 30.2 Å². The lowest BCUT2D eigenvalue weighted by Crippen LogP contribution is -2.36. The number of benzene rings is 1. The standard InChI is InChI=1S/C24H20F3N5O.C9H12FN3O/c1-14-22(18-4-2-3-5-28-18)30-19-11-15(25)10-17(26)21(19)23(14)31-20-12-16(13-29-24(20)27)32-6-8-33-9-7-32;10-9-8(11)5-7(6-12-9)13-1-3-14-4-2-13/h2-5,10-13H,6-9H2,1H3,(H,30,31);5-6H,1-4,11H2. The molecule has 0 unspecified atom stereocenters. The highest BCUT2D eigenvalue weighted by Crippen LogP contribution is 2.37. The van der Waals surface area contributed by atoms with Gasteiger partial charge in [0.1, 0.15) is 11.6 Å². The maximum atomic E-state index is 14.9. The third kappa shape index (κ3) is 7.18. The number of anilines is 5. The van der Waals surface area contributed by atoms with E-state index in [1.165, 1.54) is 12.4 Å². The van der Waals surface area contributed by atoms with Gasteiger partial charge in [-0.15, -0.1) is 0 Å². The van der Waals surface area contributed by atoms with Crippen molar-refractivity contribution in [3.8, 4) is 11.4 Å². The largest absolute Gasteiger partial charge is 0.395 e. The zero-order chi connectivity index (χ0) is 32.9. The Balaban J connectivity index is 0.000000230. The van der Waals surface area contributed by atoms with Crippen molar-refractivity contribution < 1.29 is 27.0 Å². The summed E-state index contributed by atoms with van der Waals surface area (Å²) < 4.78 is 67.1. The summed E-state index contributed by atoms with van der Waals surface area (Å²) in [6, 6.07) is 10.5. The molecule has 0 bridgehead atoms. The van der Waals surface area contributed by atoms with Crippen LogP contribution in [0.25, 0.3) is 22.3 Å². The molecule has 5 aromatic rings. The van der Waals surface area contributed by atoms with Crippen molar-refractivity contribution in [2.75, 3.05) is 73.5 Å². The van der Waals surface area contributed by atoms with Crippen molar-refractivity contribution in [1.82, 2.24) is 19.9 Å². The summed E-state index contributed by atoms with van der Waals surface area (Å²) >= 11 is 0. The topological polar surface area (TPSA) is 115 Å². The summed E-state index contributed by atoms with van der Waals surface area (Å²) in [5.41, 5.74) is 9.06. The Morgan fingerprint density at radius 3 is 2.04 bits per heavy atom. The Hall–Kier alpha value is -5.08. The predicted octanol–water partition coefficient (Wildman–Crippen LogP) is 5.64. The van der Waals surface area contributed by atoms with Crippen LogP contribution in [0.4, 0.5) is 46.0 Å². The van der Waals surface area contributed by atoms with Gasteiger partial charge in [-0.05, 0) is 31.2 Å². The van der Waals surface area contributed by atoms with Gasteiger partial charge in [0.15, 0.2) is 0 Å². The zero-order valence-corrected chi connectivity index (χ0v) is 25.5. The summed E-state index contributed by atoms with van der Waals surface area (Å²) in [7, 11) is 0. The quantitative estimate of drug-likeness (QED) is 0.183. The fourth-order valence-corrected chi connectivity index (χ4v) is 5.42. The lowest BCUT2D eigenvalue weighted by molar-refractivity contribution is 0.122. The molecule has 14 heteroatoms. The number of pyridine rings is 4. The minimum atomic E-state index is -0.798. The fourth-order valence-electron chi connectivity index (χ4n) is 5.42. The smallest absolute Gasteiger partial charge is 0.236 e. The van der Waals surface area contributed by atoms with Crippen LogP contribution in [-0.4, -0.2) is 72.5 Å². The van der Waals surface area contributed by atoms with Crippen molar-refractivity contribution >= 4 is 39.3 Å². The summed E-state index contributed by atoms with van der Waals surface area (Å²) in [6.45, 7) is 7.16. The lowest BCUT2D eigenvalue weighted by atomic mass is 10.0. The van der Waals surface area contributed by atoms with Gasteiger partial charge in [0.25, 0.3) is 0 Å². The van der Waals surface area contributed by atoms with E-state index in [-0.39, 0.29) is 28.0 Å². The summed E-state index contributed by atoms with van der Waals surface area (Å²) in [4.78, 5) is 20.4. The van der Waals surface area contributed by atoms with Crippen molar-refractivity contribution in [2.45, 2.75) is 6.92 Å². The van der Waals surface area contributed by atoms with Crippen molar-refractivity contribution in [3.05, 3.63) is 90.1 Å². The molecule has 47 heavy (non-hydrogen) atoms. The van der Waals surface area contributed by atoms with Gasteiger partial charge in [0, 0.05) is 50.1 Å². The van der Waals surface area contributed by atoms with Crippen LogP contribution < -0.4 is 20.9 Å².